The SMILES string of the molecule is CCOC(=O)C1=C(N)c2c(C)ccc(C)c2CC12CCCC2. The molecule has 0 heterocycles. The van der Waals surface area contributed by atoms with Crippen LogP contribution in [0, 0.1) is 19.3 Å². The summed E-state index contributed by atoms with van der Waals surface area (Å²) in [6.45, 7) is 6.46. The van der Waals surface area contributed by atoms with Crippen LogP contribution in [0.15, 0.2) is 17.7 Å². The molecule has 0 atom stereocenters. The molecular weight excluding hydrogens is 274 g/mol. The molecule has 0 unspecified atom stereocenters. The first-order chi connectivity index (χ1) is 10.5. The van der Waals surface area contributed by atoms with Crippen LogP contribution in [0.1, 0.15) is 54.9 Å². The highest BCUT2D eigenvalue weighted by molar-refractivity contribution is 6.00. The van der Waals surface area contributed by atoms with Crippen molar-refractivity contribution in [1.82, 2.24) is 0 Å². The highest BCUT2D eigenvalue weighted by Crippen LogP contribution is 2.52. The maximum Gasteiger partial charge on any atom is 0.336 e. The average Bonchev–Trinajstić information content (AvgIpc) is 2.91. The summed E-state index contributed by atoms with van der Waals surface area (Å²) in [6.07, 6.45) is 5.32. The van der Waals surface area contributed by atoms with Gasteiger partial charge in [-0.15, -0.1) is 0 Å². The smallest absolute Gasteiger partial charge is 0.336 e. The lowest BCUT2D eigenvalue weighted by Gasteiger charge is -2.38. The van der Waals surface area contributed by atoms with E-state index >= 15 is 0 Å². The first-order valence-electron chi connectivity index (χ1n) is 8.27. The number of carbonyl (C=O) groups excluding carboxylic acids is 1. The van der Waals surface area contributed by atoms with Gasteiger partial charge in [0, 0.05) is 11.0 Å². The minimum Gasteiger partial charge on any atom is -0.463 e. The number of carbonyl (C=O) groups is 1. The topological polar surface area (TPSA) is 52.3 Å². The fourth-order valence-corrected chi connectivity index (χ4v) is 4.32. The average molecular weight is 299 g/mol. The van der Waals surface area contributed by atoms with Crippen LogP contribution in [0.4, 0.5) is 0 Å². The van der Waals surface area contributed by atoms with Crippen LogP contribution in [0.2, 0.25) is 0 Å². The van der Waals surface area contributed by atoms with E-state index in [2.05, 4.69) is 26.0 Å². The van der Waals surface area contributed by atoms with E-state index in [1.807, 2.05) is 6.92 Å². The summed E-state index contributed by atoms with van der Waals surface area (Å²) in [5.74, 6) is -0.214. The minimum absolute atomic E-state index is 0.109. The Bertz CT molecular complexity index is 652. The van der Waals surface area contributed by atoms with E-state index in [1.54, 1.807) is 0 Å². The molecule has 3 rings (SSSR count). The summed E-state index contributed by atoms with van der Waals surface area (Å²) in [7, 11) is 0. The predicted molar refractivity (Wildman–Crippen MR) is 88.3 cm³/mol. The number of benzene rings is 1. The Kier molecular flexibility index (Phi) is 3.75. The first-order valence-corrected chi connectivity index (χ1v) is 8.27. The molecular formula is C19H25NO2. The zero-order chi connectivity index (χ0) is 15.9. The highest BCUT2D eigenvalue weighted by atomic mass is 16.5. The van der Waals surface area contributed by atoms with Crippen molar-refractivity contribution in [1.29, 1.82) is 0 Å². The van der Waals surface area contributed by atoms with Crippen molar-refractivity contribution in [3.05, 3.63) is 40.0 Å². The second-order valence-electron chi connectivity index (χ2n) is 6.73. The quantitative estimate of drug-likeness (QED) is 0.848. The Labute approximate surface area is 132 Å². The van der Waals surface area contributed by atoms with Gasteiger partial charge in [-0.3, -0.25) is 0 Å². The number of hydrogen-bond donors (Lipinski definition) is 1. The number of hydrogen-bond acceptors (Lipinski definition) is 3. The molecule has 118 valence electrons. The number of rotatable bonds is 2. The maximum absolute atomic E-state index is 12.6. The number of ether oxygens (including phenoxy) is 1. The van der Waals surface area contributed by atoms with Gasteiger partial charge in [0.1, 0.15) is 0 Å². The van der Waals surface area contributed by atoms with Gasteiger partial charge in [0.15, 0.2) is 0 Å². The van der Waals surface area contributed by atoms with Gasteiger partial charge >= 0.3 is 5.97 Å². The largest absolute Gasteiger partial charge is 0.463 e. The Morgan fingerprint density at radius 3 is 2.50 bits per heavy atom. The maximum atomic E-state index is 12.6. The van der Waals surface area contributed by atoms with Crippen molar-refractivity contribution in [2.75, 3.05) is 6.61 Å². The van der Waals surface area contributed by atoms with Gasteiger partial charge in [-0.05, 0) is 56.7 Å². The zero-order valence-corrected chi connectivity index (χ0v) is 13.8. The Morgan fingerprint density at radius 1 is 1.23 bits per heavy atom. The molecule has 2 aliphatic carbocycles. The van der Waals surface area contributed by atoms with Gasteiger partial charge < -0.3 is 10.5 Å². The molecule has 3 heteroatoms. The Morgan fingerprint density at radius 2 is 1.86 bits per heavy atom. The van der Waals surface area contributed by atoms with Crippen LogP contribution in [-0.4, -0.2) is 12.6 Å². The summed E-state index contributed by atoms with van der Waals surface area (Å²) in [5, 5.41) is 0. The normalized spacial score (nSPS) is 19.4. The third kappa shape index (κ3) is 2.15. The van der Waals surface area contributed by atoms with Gasteiger partial charge in [0.05, 0.1) is 17.9 Å². The lowest BCUT2D eigenvalue weighted by Crippen LogP contribution is -2.35. The third-order valence-corrected chi connectivity index (χ3v) is 5.38. The van der Waals surface area contributed by atoms with Crippen LogP contribution in [0.5, 0.6) is 0 Å². The number of fused-ring (bicyclic) bond motifs is 1. The monoisotopic (exact) mass is 299 g/mol. The second-order valence-corrected chi connectivity index (χ2v) is 6.73. The molecule has 0 bridgehead atoms. The van der Waals surface area contributed by atoms with E-state index in [1.165, 1.54) is 11.1 Å². The summed E-state index contributed by atoms with van der Waals surface area (Å²) in [6, 6.07) is 4.26. The third-order valence-electron chi connectivity index (χ3n) is 5.38. The molecule has 1 fully saturated rings. The van der Waals surface area contributed by atoms with Crippen LogP contribution < -0.4 is 5.73 Å². The Balaban J connectivity index is 2.24. The van der Waals surface area contributed by atoms with E-state index < -0.39 is 0 Å². The van der Waals surface area contributed by atoms with E-state index in [-0.39, 0.29) is 11.4 Å². The molecule has 1 saturated carbocycles. The van der Waals surface area contributed by atoms with Crippen molar-refractivity contribution in [2.24, 2.45) is 11.1 Å². The van der Waals surface area contributed by atoms with Gasteiger partial charge in [-0.2, -0.15) is 0 Å². The molecule has 1 spiro atoms. The number of nitrogens with two attached hydrogens (primary N) is 1. The lowest BCUT2D eigenvalue weighted by atomic mass is 9.66. The predicted octanol–water partition coefficient (Wildman–Crippen LogP) is 3.65. The molecule has 1 aromatic rings. The van der Waals surface area contributed by atoms with Gasteiger partial charge in [-0.1, -0.05) is 25.0 Å². The molecule has 22 heavy (non-hydrogen) atoms. The standard InChI is InChI=1S/C19H25NO2/c1-4-22-18(21)16-17(20)15-13(3)8-7-12(2)14(15)11-19(16)9-5-6-10-19/h7-8H,4-6,9-11,20H2,1-3H3. The second kappa shape index (κ2) is 5.45. The lowest BCUT2D eigenvalue weighted by molar-refractivity contribution is -0.139. The van der Waals surface area contributed by atoms with Crippen molar-refractivity contribution in [2.45, 2.75) is 52.9 Å². The Hall–Kier alpha value is -1.77. The van der Waals surface area contributed by atoms with E-state index in [0.717, 1.165) is 48.8 Å². The summed E-state index contributed by atoms with van der Waals surface area (Å²) < 4.78 is 5.35. The zero-order valence-electron chi connectivity index (χ0n) is 13.8. The number of esters is 1. The summed E-state index contributed by atoms with van der Waals surface area (Å²) >= 11 is 0. The fraction of sp³-hybridized carbons (Fsp3) is 0.526. The fourth-order valence-electron chi connectivity index (χ4n) is 4.32. The van der Waals surface area contributed by atoms with Crippen molar-refractivity contribution in [3.8, 4) is 0 Å². The molecule has 0 aromatic heterocycles. The van der Waals surface area contributed by atoms with Gasteiger partial charge in [0.25, 0.3) is 0 Å². The van der Waals surface area contributed by atoms with E-state index in [9.17, 15) is 4.79 Å². The van der Waals surface area contributed by atoms with Gasteiger partial charge in [0.2, 0.25) is 0 Å². The molecule has 2 aliphatic rings. The molecule has 0 aliphatic heterocycles. The van der Waals surface area contributed by atoms with E-state index in [0.29, 0.717) is 12.3 Å². The van der Waals surface area contributed by atoms with E-state index in [4.69, 9.17) is 10.5 Å². The molecule has 3 nitrogen and oxygen atoms in total. The van der Waals surface area contributed by atoms with Gasteiger partial charge in [-0.25, -0.2) is 4.79 Å². The van der Waals surface area contributed by atoms with Crippen LogP contribution in [0.3, 0.4) is 0 Å². The molecule has 0 amide bonds. The number of aryl methyl sites for hydroxylation is 2. The summed E-state index contributed by atoms with van der Waals surface area (Å²) in [5.41, 5.74) is 12.6. The summed E-state index contributed by atoms with van der Waals surface area (Å²) in [4.78, 5) is 12.6. The van der Waals surface area contributed by atoms with Crippen molar-refractivity contribution >= 4 is 11.7 Å². The minimum atomic E-state index is -0.214. The molecule has 0 saturated heterocycles. The van der Waals surface area contributed by atoms with Crippen LogP contribution in [-0.2, 0) is 16.0 Å². The first kappa shape index (κ1) is 15.1. The molecule has 1 aromatic carbocycles. The molecule has 0 radical (unpaired) electrons. The molecule has 2 N–H and O–H groups in total. The van der Waals surface area contributed by atoms with Crippen LogP contribution in [0.25, 0.3) is 5.70 Å². The van der Waals surface area contributed by atoms with Crippen molar-refractivity contribution in [3.63, 3.8) is 0 Å². The van der Waals surface area contributed by atoms with Crippen LogP contribution >= 0.6 is 0 Å². The van der Waals surface area contributed by atoms with Crippen molar-refractivity contribution < 1.29 is 9.53 Å². The highest BCUT2D eigenvalue weighted by Gasteiger charge is 2.46.